The molecule has 0 heterocycles. The monoisotopic (exact) mass is 192 g/mol. The Balaban J connectivity index is 3.13. The first-order valence-corrected chi connectivity index (χ1v) is 4.19. The molecular formula is C10H12N2O2. The van der Waals surface area contributed by atoms with E-state index in [-0.39, 0.29) is 5.91 Å². The second kappa shape index (κ2) is 3.91. The minimum absolute atomic E-state index is 0.172. The van der Waals surface area contributed by atoms with Crippen LogP contribution in [0.5, 0.6) is 0 Å². The SMILES string of the molecule is CC(=O)Nc1cccc(C(N)=O)c1C. The number of rotatable bonds is 2. The normalized spacial score (nSPS) is 9.57. The van der Waals surface area contributed by atoms with Crippen molar-refractivity contribution < 1.29 is 9.59 Å². The standard InChI is InChI=1S/C10H12N2O2/c1-6-8(10(11)14)4-3-5-9(6)12-7(2)13/h3-5H,1-2H3,(H2,11,14)(H,12,13). The summed E-state index contributed by atoms with van der Waals surface area (Å²) in [7, 11) is 0. The zero-order chi connectivity index (χ0) is 10.7. The highest BCUT2D eigenvalue weighted by molar-refractivity contribution is 5.98. The fourth-order valence-electron chi connectivity index (χ4n) is 1.23. The fourth-order valence-corrected chi connectivity index (χ4v) is 1.23. The van der Waals surface area contributed by atoms with E-state index in [0.29, 0.717) is 16.8 Å². The van der Waals surface area contributed by atoms with Crippen LogP contribution in [0.4, 0.5) is 5.69 Å². The Morgan fingerprint density at radius 3 is 2.50 bits per heavy atom. The Hall–Kier alpha value is -1.84. The average molecular weight is 192 g/mol. The molecule has 0 atom stereocenters. The summed E-state index contributed by atoms with van der Waals surface area (Å²) in [5.41, 5.74) is 6.90. The van der Waals surface area contributed by atoms with Gasteiger partial charge in [-0.25, -0.2) is 0 Å². The summed E-state index contributed by atoms with van der Waals surface area (Å²) in [5.74, 6) is -0.663. The van der Waals surface area contributed by atoms with Gasteiger partial charge >= 0.3 is 0 Å². The number of primary amides is 1. The van der Waals surface area contributed by atoms with Crippen LogP contribution in [0.3, 0.4) is 0 Å². The molecule has 0 saturated heterocycles. The Morgan fingerprint density at radius 1 is 1.36 bits per heavy atom. The molecule has 1 rings (SSSR count). The lowest BCUT2D eigenvalue weighted by molar-refractivity contribution is -0.114. The Labute approximate surface area is 82.1 Å². The number of nitrogens with one attached hydrogen (secondary N) is 1. The first-order valence-electron chi connectivity index (χ1n) is 4.19. The number of hydrogen-bond acceptors (Lipinski definition) is 2. The molecule has 0 aliphatic carbocycles. The van der Waals surface area contributed by atoms with Crippen molar-refractivity contribution in [3.8, 4) is 0 Å². The molecule has 0 aromatic heterocycles. The minimum Gasteiger partial charge on any atom is -0.366 e. The van der Waals surface area contributed by atoms with E-state index in [2.05, 4.69) is 5.32 Å². The first kappa shape index (κ1) is 10.2. The molecule has 0 spiro atoms. The van der Waals surface area contributed by atoms with Gasteiger partial charge in [-0.15, -0.1) is 0 Å². The van der Waals surface area contributed by atoms with Crippen molar-refractivity contribution in [2.45, 2.75) is 13.8 Å². The van der Waals surface area contributed by atoms with E-state index in [0.717, 1.165) is 0 Å². The molecule has 0 unspecified atom stereocenters. The first-order chi connectivity index (χ1) is 6.52. The van der Waals surface area contributed by atoms with Gasteiger partial charge in [-0.05, 0) is 24.6 Å². The number of anilines is 1. The molecule has 0 aliphatic rings. The third-order valence-corrected chi connectivity index (χ3v) is 1.91. The van der Waals surface area contributed by atoms with Gasteiger partial charge in [0, 0.05) is 18.2 Å². The molecule has 0 radical (unpaired) electrons. The quantitative estimate of drug-likeness (QED) is 0.735. The van der Waals surface area contributed by atoms with Crippen LogP contribution in [0, 0.1) is 6.92 Å². The summed E-state index contributed by atoms with van der Waals surface area (Å²) in [5, 5.41) is 2.62. The average Bonchev–Trinajstić information content (AvgIpc) is 2.07. The fraction of sp³-hybridized carbons (Fsp3) is 0.200. The van der Waals surface area contributed by atoms with E-state index < -0.39 is 5.91 Å². The Kier molecular flexibility index (Phi) is 2.86. The van der Waals surface area contributed by atoms with Gasteiger partial charge in [0.15, 0.2) is 0 Å². The molecule has 4 heteroatoms. The van der Waals surface area contributed by atoms with Gasteiger partial charge in [0.05, 0.1) is 0 Å². The zero-order valence-corrected chi connectivity index (χ0v) is 8.13. The largest absolute Gasteiger partial charge is 0.366 e. The van der Waals surface area contributed by atoms with Gasteiger partial charge in [-0.2, -0.15) is 0 Å². The maximum Gasteiger partial charge on any atom is 0.249 e. The zero-order valence-electron chi connectivity index (χ0n) is 8.13. The van der Waals surface area contributed by atoms with Crippen molar-refractivity contribution >= 4 is 17.5 Å². The number of benzene rings is 1. The molecule has 4 nitrogen and oxygen atoms in total. The number of carbonyl (C=O) groups excluding carboxylic acids is 2. The van der Waals surface area contributed by atoms with Crippen LogP contribution in [0.1, 0.15) is 22.8 Å². The molecule has 0 fully saturated rings. The molecule has 74 valence electrons. The van der Waals surface area contributed by atoms with Crippen LogP contribution in [0.25, 0.3) is 0 Å². The third kappa shape index (κ3) is 2.10. The highest BCUT2D eigenvalue weighted by Crippen LogP contribution is 2.18. The van der Waals surface area contributed by atoms with Gasteiger partial charge < -0.3 is 11.1 Å². The summed E-state index contributed by atoms with van der Waals surface area (Å²) < 4.78 is 0. The van der Waals surface area contributed by atoms with Crippen LogP contribution in [-0.2, 0) is 4.79 Å². The van der Waals surface area contributed by atoms with E-state index in [4.69, 9.17) is 5.73 Å². The van der Waals surface area contributed by atoms with Crippen LogP contribution in [0.15, 0.2) is 18.2 Å². The topological polar surface area (TPSA) is 72.2 Å². The van der Waals surface area contributed by atoms with E-state index >= 15 is 0 Å². The molecule has 0 aliphatic heterocycles. The summed E-state index contributed by atoms with van der Waals surface area (Å²) in [6, 6.07) is 5.03. The van der Waals surface area contributed by atoms with Gasteiger partial charge in [0.2, 0.25) is 11.8 Å². The van der Waals surface area contributed by atoms with Gasteiger partial charge in [-0.1, -0.05) is 6.07 Å². The third-order valence-electron chi connectivity index (χ3n) is 1.91. The maximum absolute atomic E-state index is 11.0. The number of hydrogen-bond donors (Lipinski definition) is 2. The van der Waals surface area contributed by atoms with Gasteiger partial charge in [-0.3, -0.25) is 9.59 Å². The number of amides is 2. The van der Waals surface area contributed by atoms with E-state index in [1.54, 1.807) is 25.1 Å². The van der Waals surface area contributed by atoms with Crippen molar-refractivity contribution in [3.63, 3.8) is 0 Å². The van der Waals surface area contributed by atoms with Crippen LogP contribution in [-0.4, -0.2) is 11.8 Å². The lowest BCUT2D eigenvalue weighted by Crippen LogP contribution is -2.15. The van der Waals surface area contributed by atoms with Crippen LogP contribution < -0.4 is 11.1 Å². The van der Waals surface area contributed by atoms with Crippen molar-refractivity contribution in [2.75, 3.05) is 5.32 Å². The smallest absolute Gasteiger partial charge is 0.249 e. The van der Waals surface area contributed by atoms with Gasteiger partial charge in [0.1, 0.15) is 0 Å². The van der Waals surface area contributed by atoms with Crippen molar-refractivity contribution in [1.29, 1.82) is 0 Å². The molecular weight excluding hydrogens is 180 g/mol. The lowest BCUT2D eigenvalue weighted by Gasteiger charge is -2.08. The Bertz CT molecular complexity index is 386. The van der Waals surface area contributed by atoms with E-state index in [1.165, 1.54) is 6.92 Å². The predicted octanol–water partition coefficient (Wildman–Crippen LogP) is 1.05. The Morgan fingerprint density at radius 2 is 2.00 bits per heavy atom. The van der Waals surface area contributed by atoms with E-state index in [9.17, 15) is 9.59 Å². The molecule has 0 bridgehead atoms. The summed E-state index contributed by atoms with van der Waals surface area (Å²) >= 11 is 0. The predicted molar refractivity (Wildman–Crippen MR) is 54.0 cm³/mol. The molecule has 0 saturated carbocycles. The van der Waals surface area contributed by atoms with Crippen LogP contribution >= 0.6 is 0 Å². The highest BCUT2D eigenvalue weighted by atomic mass is 16.1. The number of carbonyl (C=O) groups is 2. The molecule has 3 N–H and O–H groups in total. The minimum atomic E-state index is -0.491. The summed E-state index contributed by atoms with van der Waals surface area (Å²) in [6.45, 7) is 3.15. The summed E-state index contributed by atoms with van der Waals surface area (Å²) in [4.78, 5) is 21.8. The van der Waals surface area contributed by atoms with E-state index in [1.807, 2.05) is 0 Å². The second-order valence-electron chi connectivity index (χ2n) is 3.02. The molecule has 1 aromatic carbocycles. The molecule has 1 aromatic rings. The number of nitrogens with two attached hydrogens (primary N) is 1. The van der Waals surface area contributed by atoms with Crippen molar-refractivity contribution in [2.24, 2.45) is 5.73 Å². The van der Waals surface area contributed by atoms with Crippen LogP contribution in [0.2, 0.25) is 0 Å². The molecule has 14 heavy (non-hydrogen) atoms. The summed E-state index contributed by atoms with van der Waals surface area (Å²) in [6.07, 6.45) is 0. The van der Waals surface area contributed by atoms with Crippen molar-refractivity contribution in [3.05, 3.63) is 29.3 Å². The maximum atomic E-state index is 11.0. The highest BCUT2D eigenvalue weighted by Gasteiger charge is 2.08. The lowest BCUT2D eigenvalue weighted by atomic mass is 10.1. The van der Waals surface area contributed by atoms with Crippen molar-refractivity contribution in [1.82, 2.24) is 0 Å². The molecule has 2 amide bonds. The van der Waals surface area contributed by atoms with Gasteiger partial charge in [0.25, 0.3) is 0 Å². The second-order valence-corrected chi connectivity index (χ2v) is 3.02.